The fraction of sp³-hybridized carbons (Fsp3) is 0.583. The molecular formula is C24H31BrN4O3. The summed E-state index contributed by atoms with van der Waals surface area (Å²) in [7, 11) is 0. The van der Waals surface area contributed by atoms with Gasteiger partial charge in [-0.1, -0.05) is 19.3 Å². The molecule has 1 saturated carbocycles. The van der Waals surface area contributed by atoms with Gasteiger partial charge < -0.3 is 14.4 Å². The van der Waals surface area contributed by atoms with Crippen LogP contribution in [-0.4, -0.2) is 64.8 Å². The first kappa shape index (κ1) is 23.1. The minimum absolute atomic E-state index is 0.125. The van der Waals surface area contributed by atoms with Crippen LogP contribution in [-0.2, 0) is 11.3 Å². The van der Waals surface area contributed by atoms with Crippen molar-refractivity contribution in [1.29, 1.82) is 5.26 Å². The van der Waals surface area contributed by atoms with E-state index in [2.05, 4.69) is 36.4 Å². The SMILES string of the molecule is CCOC(=O)c1c(CN2CCN(CC#N)CC2)n(C2CCCCC2)c2cc(Br)c(O)cc12. The van der Waals surface area contributed by atoms with E-state index in [9.17, 15) is 9.90 Å². The Balaban J connectivity index is 1.79. The second-order valence-electron chi connectivity index (χ2n) is 8.74. The molecule has 2 aromatic rings. The minimum Gasteiger partial charge on any atom is -0.507 e. The molecule has 0 atom stereocenters. The van der Waals surface area contributed by atoms with E-state index in [1.54, 1.807) is 6.07 Å². The van der Waals surface area contributed by atoms with Crippen LogP contribution >= 0.6 is 15.9 Å². The van der Waals surface area contributed by atoms with E-state index in [-0.39, 0.29) is 11.7 Å². The molecule has 1 N–H and O–H groups in total. The van der Waals surface area contributed by atoms with Gasteiger partial charge in [-0.2, -0.15) is 5.26 Å². The molecular weight excluding hydrogens is 472 g/mol. The molecule has 0 radical (unpaired) electrons. The summed E-state index contributed by atoms with van der Waals surface area (Å²) in [6.07, 6.45) is 5.80. The van der Waals surface area contributed by atoms with Crippen molar-refractivity contribution in [2.75, 3.05) is 39.3 Å². The molecule has 1 aliphatic carbocycles. The molecule has 1 aromatic carbocycles. The van der Waals surface area contributed by atoms with Gasteiger partial charge in [0, 0.05) is 49.8 Å². The van der Waals surface area contributed by atoms with Crippen molar-refractivity contribution in [3.63, 3.8) is 0 Å². The summed E-state index contributed by atoms with van der Waals surface area (Å²) in [6, 6.07) is 6.20. The molecule has 1 aliphatic heterocycles. The number of aromatic nitrogens is 1. The molecule has 32 heavy (non-hydrogen) atoms. The van der Waals surface area contributed by atoms with Gasteiger partial charge in [0.2, 0.25) is 0 Å². The number of ether oxygens (including phenoxy) is 1. The summed E-state index contributed by atoms with van der Waals surface area (Å²) in [5.41, 5.74) is 2.54. The Morgan fingerprint density at radius 3 is 2.53 bits per heavy atom. The lowest BCUT2D eigenvalue weighted by atomic mass is 9.95. The molecule has 2 aliphatic rings. The molecule has 172 valence electrons. The predicted octanol–water partition coefficient (Wildman–Crippen LogP) is 4.43. The molecule has 0 unspecified atom stereocenters. The number of carbonyl (C=O) groups is 1. The van der Waals surface area contributed by atoms with E-state index in [4.69, 9.17) is 10.00 Å². The topological polar surface area (TPSA) is 81.7 Å². The van der Waals surface area contributed by atoms with Crippen LogP contribution in [0.3, 0.4) is 0 Å². The normalized spacial score (nSPS) is 18.7. The number of piperazine rings is 1. The summed E-state index contributed by atoms with van der Waals surface area (Å²) in [5, 5.41) is 20.2. The quantitative estimate of drug-likeness (QED) is 0.464. The van der Waals surface area contributed by atoms with Gasteiger partial charge in [-0.05, 0) is 47.8 Å². The first-order chi connectivity index (χ1) is 15.5. The highest BCUT2D eigenvalue weighted by molar-refractivity contribution is 9.10. The number of esters is 1. The van der Waals surface area contributed by atoms with E-state index in [0.717, 1.165) is 55.6 Å². The summed E-state index contributed by atoms with van der Waals surface area (Å²) in [4.78, 5) is 17.7. The minimum atomic E-state index is -0.327. The number of nitrogens with zero attached hydrogens (tertiary/aromatic N) is 4. The van der Waals surface area contributed by atoms with Crippen LogP contribution in [0.1, 0.15) is 61.1 Å². The molecule has 2 fully saturated rings. The first-order valence-corrected chi connectivity index (χ1v) is 12.4. The highest BCUT2D eigenvalue weighted by atomic mass is 79.9. The van der Waals surface area contributed by atoms with E-state index in [1.165, 1.54) is 19.3 Å². The Morgan fingerprint density at radius 2 is 1.88 bits per heavy atom. The van der Waals surface area contributed by atoms with Gasteiger partial charge in [-0.15, -0.1) is 0 Å². The van der Waals surface area contributed by atoms with Crippen LogP contribution in [0.4, 0.5) is 0 Å². The van der Waals surface area contributed by atoms with Crippen molar-refractivity contribution >= 4 is 32.8 Å². The number of hydrogen-bond acceptors (Lipinski definition) is 6. The summed E-state index contributed by atoms with van der Waals surface area (Å²) < 4.78 is 8.46. The molecule has 0 spiro atoms. The van der Waals surface area contributed by atoms with E-state index < -0.39 is 0 Å². The highest BCUT2D eigenvalue weighted by Gasteiger charge is 2.30. The Bertz CT molecular complexity index is 1010. The highest BCUT2D eigenvalue weighted by Crippen LogP contribution is 2.40. The number of aromatic hydroxyl groups is 1. The van der Waals surface area contributed by atoms with Gasteiger partial charge >= 0.3 is 5.97 Å². The van der Waals surface area contributed by atoms with Crippen molar-refractivity contribution in [1.82, 2.24) is 14.4 Å². The van der Waals surface area contributed by atoms with Crippen molar-refractivity contribution in [3.05, 3.63) is 27.9 Å². The van der Waals surface area contributed by atoms with Gasteiger partial charge in [-0.3, -0.25) is 9.80 Å². The average molecular weight is 503 g/mol. The van der Waals surface area contributed by atoms with E-state index >= 15 is 0 Å². The van der Waals surface area contributed by atoms with Crippen molar-refractivity contribution in [2.45, 2.75) is 51.6 Å². The molecule has 2 heterocycles. The zero-order valence-electron chi connectivity index (χ0n) is 18.6. The molecule has 4 rings (SSSR count). The van der Waals surface area contributed by atoms with Gasteiger partial charge in [0.1, 0.15) is 5.75 Å². The predicted molar refractivity (Wildman–Crippen MR) is 127 cm³/mol. The fourth-order valence-electron chi connectivity index (χ4n) is 5.13. The summed E-state index contributed by atoms with van der Waals surface area (Å²) >= 11 is 3.47. The van der Waals surface area contributed by atoms with Gasteiger partial charge in [0.25, 0.3) is 0 Å². The fourth-order valence-corrected chi connectivity index (χ4v) is 5.46. The molecule has 7 nitrogen and oxygen atoms in total. The Hall–Kier alpha value is -2.08. The Morgan fingerprint density at radius 1 is 1.19 bits per heavy atom. The standard InChI is InChI=1S/C24H31BrN4O3/c1-2-32-24(31)23-18-14-22(30)19(25)15-20(18)29(17-6-4-3-5-7-17)21(23)16-28-12-10-27(9-8-26)11-13-28/h14-15,17,30H,2-7,9-13,16H2,1H3. The number of hydrogen-bond donors (Lipinski definition) is 1. The maximum absolute atomic E-state index is 13.2. The second kappa shape index (κ2) is 10.2. The molecule has 0 amide bonds. The maximum Gasteiger partial charge on any atom is 0.340 e. The number of halogens is 1. The van der Waals surface area contributed by atoms with E-state index in [0.29, 0.717) is 35.8 Å². The zero-order valence-corrected chi connectivity index (χ0v) is 20.2. The van der Waals surface area contributed by atoms with Crippen LogP contribution in [0.15, 0.2) is 16.6 Å². The lowest BCUT2D eigenvalue weighted by molar-refractivity contribution is 0.0524. The first-order valence-electron chi connectivity index (χ1n) is 11.6. The van der Waals surface area contributed by atoms with Crippen LogP contribution in [0.5, 0.6) is 5.75 Å². The maximum atomic E-state index is 13.2. The van der Waals surface area contributed by atoms with Crippen LogP contribution < -0.4 is 0 Å². The largest absolute Gasteiger partial charge is 0.507 e. The van der Waals surface area contributed by atoms with Gasteiger partial charge in [-0.25, -0.2) is 4.79 Å². The third-order valence-corrected chi connectivity index (χ3v) is 7.36. The van der Waals surface area contributed by atoms with Crippen molar-refractivity contribution in [2.24, 2.45) is 0 Å². The number of fused-ring (bicyclic) bond motifs is 1. The van der Waals surface area contributed by atoms with Crippen molar-refractivity contribution in [3.8, 4) is 11.8 Å². The van der Waals surface area contributed by atoms with Crippen molar-refractivity contribution < 1.29 is 14.6 Å². The Kier molecular flexibility index (Phi) is 7.39. The lowest BCUT2D eigenvalue weighted by Gasteiger charge is -2.34. The average Bonchev–Trinajstić information content (AvgIpc) is 3.09. The third kappa shape index (κ3) is 4.66. The molecule has 8 heteroatoms. The summed E-state index contributed by atoms with van der Waals surface area (Å²) in [6.45, 7) is 6.63. The zero-order chi connectivity index (χ0) is 22.7. The number of nitriles is 1. The van der Waals surface area contributed by atoms with E-state index in [1.807, 2.05) is 13.0 Å². The van der Waals surface area contributed by atoms with Gasteiger partial charge in [0.05, 0.1) is 34.8 Å². The van der Waals surface area contributed by atoms with Gasteiger partial charge in [0.15, 0.2) is 0 Å². The molecule has 0 bridgehead atoms. The van der Waals surface area contributed by atoms with Crippen LogP contribution in [0.2, 0.25) is 0 Å². The van der Waals surface area contributed by atoms with Crippen LogP contribution in [0.25, 0.3) is 10.9 Å². The number of phenols is 1. The smallest absolute Gasteiger partial charge is 0.340 e. The second-order valence-corrected chi connectivity index (χ2v) is 9.59. The number of phenolic OH excluding ortho intramolecular Hbond substituents is 1. The lowest BCUT2D eigenvalue weighted by Crippen LogP contribution is -2.46. The molecule has 1 saturated heterocycles. The Labute approximate surface area is 197 Å². The monoisotopic (exact) mass is 502 g/mol. The number of carbonyl (C=O) groups excluding carboxylic acids is 1. The summed E-state index contributed by atoms with van der Waals surface area (Å²) in [5.74, 6) is -0.201. The third-order valence-electron chi connectivity index (χ3n) is 6.73. The molecule has 1 aromatic heterocycles. The van der Waals surface area contributed by atoms with Crippen LogP contribution in [0, 0.1) is 11.3 Å². The number of rotatable bonds is 6. The number of benzene rings is 1.